The van der Waals surface area contributed by atoms with Crippen molar-refractivity contribution in [1.82, 2.24) is 9.97 Å². The van der Waals surface area contributed by atoms with Crippen LogP contribution in [0.5, 0.6) is 17.4 Å². The predicted molar refractivity (Wildman–Crippen MR) is 93.7 cm³/mol. The molecule has 132 valence electrons. The summed E-state index contributed by atoms with van der Waals surface area (Å²) in [5.74, 6) is 2.16. The van der Waals surface area contributed by atoms with Crippen LogP contribution in [0.4, 0.5) is 4.39 Å². The number of hydrogen-bond donors (Lipinski definition) is 0. The molecule has 1 aliphatic rings. The number of ether oxygens (including phenoxy) is 3. The van der Waals surface area contributed by atoms with Crippen LogP contribution in [0, 0.1) is 5.82 Å². The molecule has 0 radical (unpaired) electrons. The van der Waals surface area contributed by atoms with Crippen molar-refractivity contribution in [2.45, 2.75) is 20.0 Å². The molecule has 0 spiro atoms. The van der Waals surface area contributed by atoms with Gasteiger partial charge in [0.1, 0.15) is 12.4 Å². The van der Waals surface area contributed by atoms with Gasteiger partial charge >= 0.3 is 0 Å². The molecule has 26 heavy (non-hydrogen) atoms. The van der Waals surface area contributed by atoms with E-state index in [9.17, 15) is 4.39 Å². The third-order valence-electron chi connectivity index (χ3n) is 4.04. The third-order valence-corrected chi connectivity index (χ3v) is 4.04. The number of rotatable bonds is 5. The maximum absolute atomic E-state index is 13.1. The molecule has 6 heteroatoms. The summed E-state index contributed by atoms with van der Waals surface area (Å²) in [6, 6.07) is 13.6. The first-order valence-electron chi connectivity index (χ1n) is 8.36. The molecule has 5 nitrogen and oxygen atoms in total. The van der Waals surface area contributed by atoms with Gasteiger partial charge in [0.25, 0.3) is 0 Å². The molecule has 0 aliphatic carbocycles. The number of hydrogen-bond acceptors (Lipinski definition) is 5. The van der Waals surface area contributed by atoms with E-state index in [1.165, 1.54) is 12.1 Å². The minimum Gasteiger partial charge on any atom is -0.473 e. The molecule has 1 aliphatic heterocycles. The predicted octanol–water partition coefficient (Wildman–Crippen LogP) is 4.15. The molecular formula is C20H17FN2O3. The summed E-state index contributed by atoms with van der Waals surface area (Å²) >= 11 is 0. The van der Waals surface area contributed by atoms with Crippen LogP contribution >= 0.6 is 0 Å². The van der Waals surface area contributed by atoms with E-state index < -0.39 is 0 Å². The van der Waals surface area contributed by atoms with Gasteiger partial charge in [0, 0.05) is 17.3 Å². The molecule has 0 atom stereocenters. The van der Waals surface area contributed by atoms with Crippen molar-refractivity contribution in [3.8, 4) is 28.8 Å². The second-order valence-electron chi connectivity index (χ2n) is 5.86. The Morgan fingerprint density at radius 3 is 2.62 bits per heavy atom. The van der Waals surface area contributed by atoms with Crippen LogP contribution in [0.3, 0.4) is 0 Å². The Kier molecular flexibility index (Phi) is 4.39. The molecular weight excluding hydrogens is 335 g/mol. The summed E-state index contributed by atoms with van der Waals surface area (Å²) < 4.78 is 29.7. The lowest BCUT2D eigenvalue weighted by Crippen LogP contribution is -2.02. The van der Waals surface area contributed by atoms with Crippen LogP contribution in [0.2, 0.25) is 0 Å². The molecule has 2 aromatic carbocycles. The number of aromatic nitrogens is 2. The minimum absolute atomic E-state index is 0.243. The van der Waals surface area contributed by atoms with E-state index >= 15 is 0 Å². The summed E-state index contributed by atoms with van der Waals surface area (Å²) in [7, 11) is 0. The minimum atomic E-state index is -0.292. The number of halogens is 1. The zero-order valence-corrected chi connectivity index (χ0v) is 14.2. The number of aryl methyl sites for hydroxylation is 1. The molecule has 1 aromatic heterocycles. The Balaban J connectivity index is 1.56. The van der Waals surface area contributed by atoms with Crippen molar-refractivity contribution < 1.29 is 18.6 Å². The number of benzene rings is 2. The van der Waals surface area contributed by atoms with Crippen LogP contribution in [0.1, 0.15) is 18.2 Å². The largest absolute Gasteiger partial charge is 0.473 e. The van der Waals surface area contributed by atoms with E-state index in [4.69, 9.17) is 14.2 Å². The van der Waals surface area contributed by atoms with E-state index in [0.29, 0.717) is 18.3 Å². The normalized spacial score (nSPS) is 12.2. The van der Waals surface area contributed by atoms with E-state index in [0.717, 1.165) is 34.7 Å². The van der Waals surface area contributed by atoms with Gasteiger partial charge < -0.3 is 14.2 Å². The lowest BCUT2D eigenvalue weighted by atomic mass is 10.2. The van der Waals surface area contributed by atoms with Crippen LogP contribution in [0.25, 0.3) is 11.4 Å². The molecule has 0 saturated heterocycles. The second-order valence-corrected chi connectivity index (χ2v) is 5.86. The third kappa shape index (κ3) is 3.44. The molecule has 0 fully saturated rings. The van der Waals surface area contributed by atoms with Gasteiger partial charge in [0.05, 0.1) is 0 Å². The Morgan fingerprint density at radius 2 is 1.81 bits per heavy atom. The monoisotopic (exact) mass is 352 g/mol. The fraction of sp³-hybridized carbons (Fsp3) is 0.200. The van der Waals surface area contributed by atoms with Gasteiger partial charge in [-0.15, -0.1) is 0 Å². The Bertz CT molecular complexity index is 929. The Labute approximate surface area is 150 Å². The molecule has 0 amide bonds. The summed E-state index contributed by atoms with van der Waals surface area (Å²) in [6.45, 7) is 2.60. The quantitative estimate of drug-likeness (QED) is 0.690. The average Bonchev–Trinajstić information content (AvgIpc) is 3.14. The van der Waals surface area contributed by atoms with Crippen molar-refractivity contribution in [2.75, 3.05) is 6.79 Å². The SMILES string of the molecule is CCc1cc(OCc2ccc3c(c2)OCO3)nc(-c2ccc(F)cc2)n1. The van der Waals surface area contributed by atoms with Gasteiger partial charge in [-0.25, -0.2) is 9.37 Å². The van der Waals surface area contributed by atoms with Gasteiger partial charge in [-0.1, -0.05) is 13.0 Å². The Morgan fingerprint density at radius 1 is 1.00 bits per heavy atom. The maximum atomic E-state index is 13.1. The summed E-state index contributed by atoms with van der Waals surface area (Å²) in [5.41, 5.74) is 2.56. The van der Waals surface area contributed by atoms with Gasteiger partial charge in [-0.2, -0.15) is 4.98 Å². The van der Waals surface area contributed by atoms with Gasteiger partial charge in [0.15, 0.2) is 17.3 Å². The number of nitrogens with zero attached hydrogens (tertiary/aromatic N) is 2. The molecule has 3 aromatic rings. The van der Waals surface area contributed by atoms with Gasteiger partial charge in [0.2, 0.25) is 12.7 Å². The van der Waals surface area contributed by atoms with Gasteiger partial charge in [-0.05, 0) is 48.4 Å². The van der Waals surface area contributed by atoms with Crippen LogP contribution in [0.15, 0.2) is 48.5 Å². The second kappa shape index (κ2) is 7.00. The van der Waals surface area contributed by atoms with Crippen molar-refractivity contribution in [3.63, 3.8) is 0 Å². The lowest BCUT2D eigenvalue weighted by molar-refractivity contribution is 0.174. The zero-order chi connectivity index (χ0) is 17.9. The lowest BCUT2D eigenvalue weighted by Gasteiger charge is -2.10. The first-order chi connectivity index (χ1) is 12.7. The standard InChI is InChI=1S/C20H17FN2O3/c1-2-16-10-19(23-20(22-16)14-4-6-15(21)7-5-14)24-11-13-3-8-17-18(9-13)26-12-25-17/h3-10H,2,11-12H2,1H3. The number of fused-ring (bicyclic) bond motifs is 1. The van der Waals surface area contributed by atoms with E-state index in [-0.39, 0.29) is 12.6 Å². The first-order valence-corrected chi connectivity index (χ1v) is 8.36. The van der Waals surface area contributed by atoms with Crippen LogP contribution in [-0.2, 0) is 13.0 Å². The smallest absolute Gasteiger partial charge is 0.231 e. The Hall–Kier alpha value is -3.15. The first kappa shape index (κ1) is 16.3. The molecule has 4 rings (SSSR count). The average molecular weight is 352 g/mol. The highest BCUT2D eigenvalue weighted by Crippen LogP contribution is 2.32. The summed E-state index contributed by atoms with van der Waals surface area (Å²) in [6.07, 6.45) is 0.747. The van der Waals surface area contributed by atoms with E-state index in [1.807, 2.05) is 31.2 Å². The highest BCUT2D eigenvalue weighted by Gasteiger charge is 2.14. The molecule has 0 N–H and O–H groups in total. The summed E-state index contributed by atoms with van der Waals surface area (Å²) in [4.78, 5) is 8.96. The van der Waals surface area contributed by atoms with Crippen LogP contribution < -0.4 is 14.2 Å². The van der Waals surface area contributed by atoms with Gasteiger partial charge in [-0.3, -0.25) is 0 Å². The molecule has 0 unspecified atom stereocenters. The maximum Gasteiger partial charge on any atom is 0.231 e. The topological polar surface area (TPSA) is 53.5 Å². The fourth-order valence-corrected chi connectivity index (χ4v) is 2.64. The van der Waals surface area contributed by atoms with Crippen molar-refractivity contribution in [1.29, 1.82) is 0 Å². The van der Waals surface area contributed by atoms with E-state index in [2.05, 4.69) is 9.97 Å². The zero-order valence-electron chi connectivity index (χ0n) is 14.2. The van der Waals surface area contributed by atoms with E-state index in [1.54, 1.807) is 12.1 Å². The molecule has 0 saturated carbocycles. The van der Waals surface area contributed by atoms with Crippen molar-refractivity contribution in [3.05, 3.63) is 65.6 Å². The van der Waals surface area contributed by atoms with Crippen molar-refractivity contribution in [2.24, 2.45) is 0 Å². The highest BCUT2D eigenvalue weighted by molar-refractivity contribution is 5.55. The van der Waals surface area contributed by atoms with Crippen LogP contribution in [-0.4, -0.2) is 16.8 Å². The molecule has 0 bridgehead atoms. The fourth-order valence-electron chi connectivity index (χ4n) is 2.64. The summed E-state index contributed by atoms with van der Waals surface area (Å²) in [5, 5.41) is 0. The highest BCUT2D eigenvalue weighted by atomic mass is 19.1. The van der Waals surface area contributed by atoms with Crippen molar-refractivity contribution >= 4 is 0 Å². The molecule has 2 heterocycles.